The summed E-state index contributed by atoms with van der Waals surface area (Å²) in [5.41, 5.74) is 2.85. The van der Waals surface area contributed by atoms with E-state index in [0.717, 1.165) is 23.4 Å². The van der Waals surface area contributed by atoms with Gasteiger partial charge in [-0.2, -0.15) is 10.1 Å². The number of aromatic nitrogens is 6. The summed E-state index contributed by atoms with van der Waals surface area (Å²) in [5, 5.41) is 8.26. The molecule has 0 fully saturated rings. The molecule has 8 heteroatoms. The van der Waals surface area contributed by atoms with Gasteiger partial charge in [0.2, 0.25) is 5.89 Å². The highest BCUT2D eigenvalue weighted by Crippen LogP contribution is 2.18. The minimum atomic E-state index is 0.449. The second kappa shape index (κ2) is 4.30. The summed E-state index contributed by atoms with van der Waals surface area (Å²) >= 11 is 5.36. The summed E-state index contributed by atoms with van der Waals surface area (Å²) in [4.78, 5) is 7.39. The van der Waals surface area contributed by atoms with Gasteiger partial charge in [0.25, 0.3) is 0 Å². The molecule has 0 aromatic carbocycles. The molecule has 19 heavy (non-hydrogen) atoms. The largest absolute Gasteiger partial charge is 0.337 e. The van der Waals surface area contributed by atoms with Crippen LogP contribution in [0.2, 0.25) is 0 Å². The third-order valence-corrected chi connectivity index (χ3v) is 3.32. The highest BCUT2D eigenvalue weighted by Gasteiger charge is 2.15. The molecule has 3 aromatic rings. The topological polar surface area (TPSA) is 77.5 Å². The van der Waals surface area contributed by atoms with Crippen molar-refractivity contribution in [3.8, 4) is 0 Å². The zero-order valence-electron chi connectivity index (χ0n) is 11.0. The quantitative estimate of drug-likeness (QED) is 0.741. The molecule has 0 bridgehead atoms. The Labute approximate surface area is 114 Å². The Morgan fingerprint density at radius 1 is 1.37 bits per heavy atom. The smallest absolute Gasteiger partial charge is 0.246 e. The molecule has 3 heterocycles. The lowest BCUT2D eigenvalue weighted by molar-refractivity contribution is 0.367. The Morgan fingerprint density at radius 3 is 2.79 bits per heavy atom. The van der Waals surface area contributed by atoms with Gasteiger partial charge in [0.1, 0.15) is 12.1 Å². The molecule has 0 saturated heterocycles. The average molecular weight is 278 g/mol. The van der Waals surface area contributed by atoms with Crippen molar-refractivity contribution in [2.24, 2.45) is 0 Å². The Kier molecular flexibility index (Phi) is 2.74. The summed E-state index contributed by atoms with van der Waals surface area (Å²) in [5.74, 6) is 1.16. The van der Waals surface area contributed by atoms with Crippen molar-refractivity contribution < 1.29 is 4.52 Å². The molecule has 0 unspecified atom stereocenters. The molecule has 0 radical (unpaired) electrons. The Bertz CT molecular complexity index is 792. The second-order valence-corrected chi connectivity index (χ2v) is 4.74. The third kappa shape index (κ3) is 1.88. The number of nitrogens with zero attached hydrogens (tertiary/aromatic N) is 5. The van der Waals surface area contributed by atoms with Gasteiger partial charge >= 0.3 is 0 Å². The Morgan fingerprint density at radius 2 is 2.16 bits per heavy atom. The standard InChI is InChI=1S/C11H14N6OS/c1-4-17-10-9(6(2)14-17)13-11(19)16(10)5-8-12-7(3)15-18-8/h4-5H2,1-3H3,(H,13,19). The lowest BCUT2D eigenvalue weighted by Gasteiger charge is -2.02. The van der Waals surface area contributed by atoms with Crippen LogP contribution in [0.25, 0.3) is 11.2 Å². The van der Waals surface area contributed by atoms with E-state index < -0.39 is 0 Å². The van der Waals surface area contributed by atoms with Crippen molar-refractivity contribution >= 4 is 23.4 Å². The fourth-order valence-corrected chi connectivity index (χ4v) is 2.42. The molecule has 0 aliphatic rings. The number of aromatic amines is 1. The van der Waals surface area contributed by atoms with Gasteiger partial charge < -0.3 is 9.51 Å². The molecule has 100 valence electrons. The average Bonchev–Trinajstić information content (AvgIpc) is 3.00. The van der Waals surface area contributed by atoms with Crippen LogP contribution < -0.4 is 0 Å². The van der Waals surface area contributed by atoms with E-state index in [1.807, 2.05) is 23.1 Å². The molecule has 0 atom stereocenters. The lowest BCUT2D eigenvalue weighted by atomic mass is 10.4. The van der Waals surface area contributed by atoms with Gasteiger partial charge in [0.15, 0.2) is 16.2 Å². The monoisotopic (exact) mass is 278 g/mol. The molecule has 0 saturated carbocycles. The number of hydrogen-bond donors (Lipinski definition) is 1. The summed E-state index contributed by atoms with van der Waals surface area (Å²) in [6.07, 6.45) is 0. The number of hydrogen-bond acceptors (Lipinski definition) is 5. The Hall–Kier alpha value is -1.96. The minimum Gasteiger partial charge on any atom is -0.337 e. The van der Waals surface area contributed by atoms with Gasteiger partial charge in [-0.15, -0.1) is 0 Å². The Balaban J connectivity index is 2.17. The van der Waals surface area contributed by atoms with Crippen molar-refractivity contribution in [2.75, 3.05) is 0 Å². The van der Waals surface area contributed by atoms with Crippen LogP contribution in [0, 0.1) is 18.6 Å². The molecule has 0 spiro atoms. The first-order chi connectivity index (χ1) is 9.10. The zero-order chi connectivity index (χ0) is 13.6. The van der Waals surface area contributed by atoms with E-state index >= 15 is 0 Å². The molecule has 7 nitrogen and oxygen atoms in total. The normalized spacial score (nSPS) is 11.5. The molecule has 0 aliphatic heterocycles. The first-order valence-electron chi connectivity index (χ1n) is 6.05. The van der Waals surface area contributed by atoms with Crippen LogP contribution in [0.5, 0.6) is 0 Å². The van der Waals surface area contributed by atoms with Crippen LogP contribution >= 0.6 is 12.2 Å². The van der Waals surface area contributed by atoms with E-state index in [2.05, 4.69) is 20.2 Å². The van der Waals surface area contributed by atoms with Gasteiger partial charge in [0.05, 0.1) is 5.69 Å². The van der Waals surface area contributed by atoms with Gasteiger partial charge in [-0.3, -0.25) is 4.57 Å². The van der Waals surface area contributed by atoms with Crippen molar-refractivity contribution in [3.05, 3.63) is 22.2 Å². The number of fused-ring (bicyclic) bond motifs is 1. The molecular formula is C11H14N6OS. The van der Waals surface area contributed by atoms with E-state index in [9.17, 15) is 0 Å². The van der Waals surface area contributed by atoms with E-state index in [0.29, 0.717) is 23.0 Å². The van der Waals surface area contributed by atoms with Gasteiger partial charge in [-0.05, 0) is 33.0 Å². The van der Waals surface area contributed by atoms with Crippen LogP contribution in [0.1, 0.15) is 24.3 Å². The summed E-state index contributed by atoms with van der Waals surface area (Å²) < 4.78 is 9.63. The zero-order valence-corrected chi connectivity index (χ0v) is 11.8. The predicted octanol–water partition coefficient (Wildman–Crippen LogP) is 1.96. The minimum absolute atomic E-state index is 0.449. The highest BCUT2D eigenvalue weighted by atomic mass is 32.1. The first-order valence-corrected chi connectivity index (χ1v) is 6.46. The molecular weight excluding hydrogens is 264 g/mol. The van der Waals surface area contributed by atoms with Gasteiger partial charge in [-0.25, -0.2) is 4.68 Å². The number of aryl methyl sites for hydroxylation is 3. The fourth-order valence-electron chi connectivity index (χ4n) is 2.17. The number of imidazole rings is 1. The van der Waals surface area contributed by atoms with Crippen LogP contribution in [0.3, 0.4) is 0 Å². The van der Waals surface area contributed by atoms with E-state index in [1.54, 1.807) is 6.92 Å². The molecule has 3 aromatic heterocycles. The first kappa shape index (κ1) is 12.1. The SMILES string of the molecule is CCn1nc(C)c2[nH]c(=S)n(Cc3nc(C)no3)c21. The fraction of sp³-hybridized carbons (Fsp3) is 0.455. The van der Waals surface area contributed by atoms with Crippen LogP contribution in [-0.2, 0) is 13.1 Å². The molecule has 1 N–H and O–H groups in total. The number of nitrogens with one attached hydrogen (secondary N) is 1. The van der Waals surface area contributed by atoms with Crippen molar-refractivity contribution in [1.29, 1.82) is 0 Å². The van der Waals surface area contributed by atoms with Gasteiger partial charge in [-0.1, -0.05) is 5.16 Å². The van der Waals surface area contributed by atoms with Crippen molar-refractivity contribution in [1.82, 2.24) is 29.5 Å². The summed E-state index contributed by atoms with van der Waals surface area (Å²) in [7, 11) is 0. The maximum Gasteiger partial charge on any atom is 0.246 e. The van der Waals surface area contributed by atoms with E-state index in [-0.39, 0.29) is 0 Å². The lowest BCUT2D eigenvalue weighted by Crippen LogP contribution is -2.06. The summed E-state index contributed by atoms with van der Waals surface area (Å²) in [6, 6.07) is 0. The molecule has 0 amide bonds. The number of rotatable bonds is 3. The molecule has 0 aliphatic carbocycles. The predicted molar refractivity (Wildman–Crippen MR) is 71.5 cm³/mol. The van der Waals surface area contributed by atoms with E-state index in [4.69, 9.17) is 16.7 Å². The van der Waals surface area contributed by atoms with Crippen molar-refractivity contribution in [3.63, 3.8) is 0 Å². The maximum absolute atomic E-state index is 5.36. The second-order valence-electron chi connectivity index (χ2n) is 4.35. The van der Waals surface area contributed by atoms with Crippen molar-refractivity contribution in [2.45, 2.75) is 33.9 Å². The summed E-state index contributed by atoms with van der Waals surface area (Å²) in [6.45, 7) is 7.02. The van der Waals surface area contributed by atoms with Gasteiger partial charge in [0, 0.05) is 6.54 Å². The maximum atomic E-state index is 5.36. The van der Waals surface area contributed by atoms with Crippen LogP contribution in [0.4, 0.5) is 0 Å². The van der Waals surface area contributed by atoms with Crippen LogP contribution in [0.15, 0.2) is 4.52 Å². The third-order valence-electron chi connectivity index (χ3n) is 3.00. The van der Waals surface area contributed by atoms with E-state index in [1.165, 1.54) is 0 Å². The molecule has 3 rings (SSSR count). The van der Waals surface area contributed by atoms with Crippen LogP contribution in [-0.4, -0.2) is 29.5 Å². The highest BCUT2D eigenvalue weighted by molar-refractivity contribution is 7.71. The number of H-pyrrole nitrogens is 1.